The van der Waals surface area contributed by atoms with Crippen molar-refractivity contribution < 1.29 is 4.74 Å². The molecular weight excluding hydrogens is 322 g/mol. The fraction of sp³-hybridized carbons (Fsp3) is 0.462. The number of nitrogens with one attached hydrogen (secondary N) is 1. The highest BCUT2D eigenvalue weighted by molar-refractivity contribution is 9.10. The summed E-state index contributed by atoms with van der Waals surface area (Å²) in [5, 5.41) is 16.0. The molecule has 0 fully saturated rings. The van der Waals surface area contributed by atoms with Crippen LogP contribution in [0.3, 0.4) is 0 Å². The van der Waals surface area contributed by atoms with Crippen LogP contribution in [0.2, 0.25) is 0 Å². The van der Waals surface area contributed by atoms with Gasteiger partial charge >= 0.3 is 0 Å². The molecule has 2 aromatic heterocycles. The van der Waals surface area contributed by atoms with Gasteiger partial charge in [-0.15, -0.1) is 10.2 Å². The SMILES string of the molecule is CCCNC(c1ccc(OC)nn1)c1c(Br)cnn1C. The Labute approximate surface area is 126 Å². The van der Waals surface area contributed by atoms with E-state index in [0.717, 1.165) is 28.8 Å². The smallest absolute Gasteiger partial charge is 0.233 e. The van der Waals surface area contributed by atoms with E-state index in [0.29, 0.717) is 5.88 Å². The van der Waals surface area contributed by atoms with E-state index in [9.17, 15) is 0 Å². The van der Waals surface area contributed by atoms with Crippen molar-refractivity contribution in [3.63, 3.8) is 0 Å². The van der Waals surface area contributed by atoms with Gasteiger partial charge in [0.2, 0.25) is 5.88 Å². The van der Waals surface area contributed by atoms with Gasteiger partial charge in [-0.05, 0) is 35.0 Å². The van der Waals surface area contributed by atoms with Gasteiger partial charge < -0.3 is 10.1 Å². The summed E-state index contributed by atoms with van der Waals surface area (Å²) >= 11 is 3.54. The highest BCUT2D eigenvalue weighted by atomic mass is 79.9. The zero-order valence-electron chi connectivity index (χ0n) is 11.8. The molecule has 0 spiro atoms. The van der Waals surface area contributed by atoms with Gasteiger partial charge in [0, 0.05) is 13.1 Å². The van der Waals surface area contributed by atoms with E-state index in [4.69, 9.17) is 4.74 Å². The third kappa shape index (κ3) is 3.16. The summed E-state index contributed by atoms with van der Waals surface area (Å²) in [6, 6.07) is 3.67. The normalized spacial score (nSPS) is 12.4. The molecule has 20 heavy (non-hydrogen) atoms. The van der Waals surface area contributed by atoms with E-state index in [1.807, 2.05) is 23.9 Å². The predicted octanol–water partition coefficient (Wildman–Crippen LogP) is 2.07. The standard InChI is InChI=1S/C13H18BrN5O/c1-4-7-15-12(13-9(14)8-16-19(13)2)10-5-6-11(20-3)18-17-10/h5-6,8,12,15H,4,7H2,1-3H3. The number of rotatable bonds is 6. The molecule has 7 heteroatoms. The van der Waals surface area contributed by atoms with Gasteiger partial charge in [-0.25, -0.2) is 0 Å². The van der Waals surface area contributed by atoms with Crippen LogP contribution in [-0.2, 0) is 7.05 Å². The van der Waals surface area contributed by atoms with E-state index in [2.05, 4.69) is 43.5 Å². The Hall–Kier alpha value is -1.47. The quantitative estimate of drug-likeness (QED) is 0.872. The van der Waals surface area contributed by atoms with Crippen molar-refractivity contribution in [2.45, 2.75) is 19.4 Å². The Kier molecular flexibility index (Phi) is 5.08. The summed E-state index contributed by atoms with van der Waals surface area (Å²) in [6.45, 7) is 3.01. The lowest BCUT2D eigenvalue weighted by Crippen LogP contribution is -2.26. The zero-order valence-corrected chi connectivity index (χ0v) is 13.4. The number of hydrogen-bond acceptors (Lipinski definition) is 5. The van der Waals surface area contributed by atoms with E-state index in [-0.39, 0.29) is 6.04 Å². The van der Waals surface area contributed by atoms with Crippen molar-refractivity contribution in [2.75, 3.05) is 13.7 Å². The van der Waals surface area contributed by atoms with Gasteiger partial charge in [-0.1, -0.05) is 6.92 Å². The minimum atomic E-state index is -0.0600. The highest BCUT2D eigenvalue weighted by Gasteiger charge is 2.22. The molecule has 0 aliphatic heterocycles. The maximum absolute atomic E-state index is 5.05. The second kappa shape index (κ2) is 6.81. The van der Waals surface area contributed by atoms with Crippen LogP contribution in [0.1, 0.15) is 30.8 Å². The van der Waals surface area contributed by atoms with Gasteiger partial charge in [0.1, 0.15) is 0 Å². The summed E-state index contributed by atoms with van der Waals surface area (Å²) < 4.78 is 7.83. The molecule has 0 aliphatic rings. The van der Waals surface area contributed by atoms with Gasteiger partial charge in [-0.2, -0.15) is 5.10 Å². The van der Waals surface area contributed by atoms with Crippen molar-refractivity contribution in [1.29, 1.82) is 0 Å². The first-order chi connectivity index (χ1) is 9.67. The van der Waals surface area contributed by atoms with Crippen LogP contribution in [0.15, 0.2) is 22.8 Å². The fourth-order valence-corrected chi connectivity index (χ4v) is 2.55. The first-order valence-electron chi connectivity index (χ1n) is 6.45. The lowest BCUT2D eigenvalue weighted by atomic mass is 10.1. The molecule has 1 unspecified atom stereocenters. The van der Waals surface area contributed by atoms with Gasteiger partial charge in [0.05, 0.1) is 35.2 Å². The van der Waals surface area contributed by atoms with Crippen molar-refractivity contribution in [3.8, 4) is 5.88 Å². The van der Waals surface area contributed by atoms with Crippen molar-refractivity contribution in [3.05, 3.63) is 34.2 Å². The average Bonchev–Trinajstić information content (AvgIpc) is 2.80. The van der Waals surface area contributed by atoms with E-state index in [1.165, 1.54) is 0 Å². The fourth-order valence-electron chi connectivity index (χ4n) is 1.97. The topological polar surface area (TPSA) is 64.9 Å². The Morgan fingerprint density at radius 2 is 2.20 bits per heavy atom. The third-order valence-corrected chi connectivity index (χ3v) is 3.59. The minimum absolute atomic E-state index is 0.0600. The number of halogens is 1. The maximum Gasteiger partial charge on any atom is 0.233 e. The molecule has 0 radical (unpaired) electrons. The van der Waals surface area contributed by atoms with Crippen LogP contribution in [0.5, 0.6) is 5.88 Å². The number of methoxy groups -OCH3 is 1. The molecule has 2 aromatic rings. The Bertz CT molecular complexity index is 535. The second-order valence-electron chi connectivity index (χ2n) is 4.39. The molecule has 0 aliphatic carbocycles. The first-order valence-corrected chi connectivity index (χ1v) is 7.25. The van der Waals surface area contributed by atoms with E-state index >= 15 is 0 Å². The maximum atomic E-state index is 5.05. The van der Waals surface area contributed by atoms with Crippen LogP contribution in [0, 0.1) is 0 Å². The summed E-state index contributed by atoms with van der Waals surface area (Å²) in [5.41, 5.74) is 1.86. The minimum Gasteiger partial charge on any atom is -0.480 e. The monoisotopic (exact) mass is 339 g/mol. The highest BCUT2D eigenvalue weighted by Crippen LogP contribution is 2.27. The lowest BCUT2D eigenvalue weighted by molar-refractivity contribution is 0.389. The van der Waals surface area contributed by atoms with Crippen LogP contribution in [0.25, 0.3) is 0 Å². The molecule has 0 bridgehead atoms. The van der Waals surface area contributed by atoms with Gasteiger partial charge in [-0.3, -0.25) is 4.68 Å². The van der Waals surface area contributed by atoms with E-state index in [1.54, 1.807) is 13.3 Å². The Balaban J connectivity index is 2.36. The molecule has 0 amide bonds. The molecular formula is C13H18BrN5O. The largest absolute Gasteiger partial charge is 0.480 e. The number of hydrogen-bond donors (Lipinski definition) is 1. The number of nitrogens with zero attached hydrogens (tertiary/aromatic N) is 4. The molecule has 2 heterocycles. The van der Waals surface area contributed by atoms with Crippen molar-refractivity contribution in [1.82, 2.24) is 25.3 Å². The number of ether oxygens (including phenoxy) is 1. The van der Waals surface area contributed by atoms with Crippen LogP contribution in [0.4, 0.5) is 0 Å². The summed E-state index contributed by atoms with van der Waals surface area (Å²) in [7, 11) is 3.49. The molecule has 0 saturated carbocycles. The van der Waals surface area contributed by atoms with Gasteiger partial charge in [0.15, 0.2) is 0 Å². The Morgan fingerprint density at radius 1 is 1.40 bits per heavy atom. The third-order valence-electron chi connectivity index (χ3n) is 2.98. The molecule has 0 saturated heterocycles. The zero-order chi connectivity index (χ0) is 14.5. The second-order valence-corrected chi connectivity index (χ2v) is 5.24. The lowest BCUT2D eigenvalue weighted by Gasteiger charge is -2.18. The summed E-state index contributed by atoms with van der Waals surface area (Å²) in [6.07, 6.45) is 2.82. The van der Waals surface area contributed by atoms with Crippen LogP contribution in [-0.4, -0.2) is 33.6 Å². The van der Waals surface area contributed by atoms with Crippen LogP contribution >= 0.6 is 15.9 Å². The molecule has 1 atom stereocenters. The average molecular weight is 340 g/mol. The Morgan fingerprint density at radius 3 is 2.70 bits per heavy atom. The molecule has 108 valence electrons. The van der Waals surface area contributed by atoms with Crippen molar-refractivity contribution in [2.24, 2.45) is 7.05 Å². The summed E-state index contributed by atoms with van der Waals surface area (Å²) in [5.74, 6) is 0.507. The van der Waals surface area contributed by atoms with Crippen LogP contribution < -0.4 is 10.1 Å². The molecule has 6 nitrogen and oxygen atoms in total. The molecule has 1 N–H and O–H groups in total. The summed E-state index contributed by atoms with van der Waals surface area (Å²) in [4.78, 5) is 0. The number of aryl methyl sites for hydroxylation is 1. The predicted molar refractivity (Wildman–Crippen MR) is 79.6 cm³/mol. The van der Waals surface area contributed by atoms with Crippen molar-refractivity contribution >= 4 is 15.9 Å². The first kappa shape index (κ1) is 14.9. The number of aromatic nitrogens is 4. The molecule has 2 rings (SSSR count). The van der Waals surface area contributed by atoms with Gasteiger partial charge in [0.25, 0.3) is 0 Å². The molecule has 0 aromatic carbocycles. The van der Waals surface area contributed by atoms with E-state index < -0.39 is 0 Å².